The van der Waals surface area contributed by atoms with Gasteiger partial charge in [-0.2, -0.15) is 0 Å². The van der Waals surface area contributed by atoms with E-state index in [9.17, 15) is 14.4 Å². The Morgan fingerprint density at radius 1 is 1.19 bits per heavy atom. The average molecular weight is 377 g/mol. The summed E-state index contributed by atoms with van der Waals surface area (Å²) in [6, 6.07) is 5.47. The summed E-state index contributed by atoms with van der Waals surface area (Å²) in [6.07, 6.45) is 6.68. The second kappa shape index (κ2) is 8.21. The normalized spacial score (nSPS) is 22.4. The predicted octanol–water partition coefficient (Wildman–Crippen LogP) is 3.73. The highest BCUT2D eigenvalue weighted by molar-refractivity contribution is 6.30. The van der Waals surface area contributed by atoms with Gasteiger partial charge in [0.15, 0.2) is 5.78 Å². The van der Waals surface area contributed by atoms with Crippen LogP contribution in [-0.2, 0) is 16.0 Å². The maximum absolute atomic E-state index is 12.8. The third-order valence-corrected chi connectivity index (χ3v) is 5.72. The van der Waals surface area contributed by atoms with Gasteiger partial charge in [0.05, 0.1) is 6.04 Å². The molecule has 1 aliphatic heterocycles. The Morgan fingerprint density at radius 2 is 1.85 bits per heavy atom. The minimum Gasteiger partial charge on any atom is -0.325 e. The van der Waals surface area contributed by atoms with Crippen molar-refractivity contribution in [1.82, 2.24) is 10.2 Å². The zero-order valence-electron chi connectivity index (χ0n) is 15.0. The molecule has 3 amide bonds. The highest BCUT2D eigenvalue weighted by atomic mass is 35.5. The fourth-order valence-electron chi connectivity index (χ4n) is 4.03. The van der Waals surface area contributed by atoms with Gasteiger partial charge in [0.1, 0.15) is 6.04 Å². The Kier molecular flexibility index (Phi) is 5.97. The standard InChI is InChI=1S/C20H25ClN2O3/c1-13(24)18(12-14-5-3-2-4-6-14)23-19(25)17(22-20(23)26)11-15-7-9-16(21)10-8-15/h7-10,14,17-18H,2-6,11-12H2,1H3,(H,22,26)/t17-,18-/m0/s1. The van der Waals surface area contributed by atoms with Crippen molar-refractivity contribution in [3.05, 3.63) is 34.9 Å². The molecule has 0 radical (unpaired) electrons. The van der Waals surface area contributed by atoms with Crippen molar-refractivity contribution in [2.45, 2.75) is 64.0 Å². The van der Waals surface area contributed by atoms with E-state index in [0.717, 1.165) is 36.1 Å². The first-order valence-corrected chi connectivity index (χ1v) is 9.72. The molecule has 1 heterocycles. The summed E-state index contributed by atoms with van der Waals surface area (Å²) in [5.41, 5.74) is 0.918. The molecular formula is C20H25ClN2O3. The van der Waals surface area contributed by atoms with Crippen LogP contribution in [0.4, 0.5) is 4.79 Å². The SMILES string of the molecule is CC(=O)[C@H](CC1CCCCC1)N1C(=O)N[C@@H](Cc2ccc(Cl)cc2)C1=O. The summed E-state index contributed by atoms with van der Waals surface area (Å²) in [7, 11) is 0. The number of carbonyl (C=O) groups excluding carboxylic acids is 3. The lowest BCUT2D eigenvalue weighted by Gasteiger charge is -2.29. The number of halogens is 1. The Balaban J connectivity index is 1.70. The van der Waals surface area contributed by atoms with Crippen LogP contribution in [0.1, 0.15) is 51.0 Å². The van der Waals surface area contributed by atoms with Crippen molar-refractivity contribution in [3.63, 3.8) is 0 Å². The Hall–Kier alpha value is -1.88. The van der Waals surface area contributed by atoms with Crippen LogP contribution in [0, 0.1) is 5.92 Å². The van der Waals surface area contributed by atoms with Gasteiger partial charge in [-0.15, -0.1) is 0 Å². The molecule has 6 heteroatoms. The van der Waals surface area contributed by atoms with E-state index in [4.69, 9.17) is 11.6 Å². The van der Waals surface area contributed by atoms with Gasteiger partial charge in [0.25, 0.3) is 5.91 Å². The third-order valence-electron chi connectivity index (χ3n) is 5.47. The van der Waals surface area contributed by atoms with Crippen LogP contribution >= 0.6 is 11.6 Å². The number of nitrogens with zero attached hydrogens (tertiary/aromatic N) is 1. The zero-order chi connectivity index (χ0) is 18.7. The van der Waals surface area contributed by atoms with E-state index in [1.807, 2.05) is 12.1 Å². The topological polar surface area (TPSA) is 66.5 Å². The van der Waals surface area contributed by atoms with Crippen molar-refractivity contribution < 1.29 is 14.4 Å². The maximum Gasteiger partial charge on any atom is 0.325 e. The lowest BCUT2D eigenvalue weighted by Crippen LogP contribution is -2.46. The van der Waals surface area contributed by atoms with Gasteiger partial charge in [-0.1, -0.05) is 55.8 Å². The first kappa shape index (κ1) is 18.9. The van der Waals surface area contributed by atoms with Crippen LogP contribution in [0.2, 0.25) is 5.02 Å². The molecule has 1 saturated heterocycles. The summed E-state index contributed by atoms with van der Waals surface area (Å²) in [5, 5.41) is 3.37. The number of ketones is 1. The fourth-order valence-corrected chi connectivity index (χ4v) is 4.16. The van der Waals surface area contributed by atoms with E-state index in [2.05, 4.69) is 5.32 Å². The predicted molar refractivity (Wildman–Crippen MR) is 100.0 cm³/mol. The number of Topliss-reactive ketones (excluding diaryl/α,β-unsaturated/α-hetero) is 1. The molecule has 0 bridgehead atoms. The van der Waals surface area contributed by atoms with Crippen LogP contribution in [0.15, 0.2) is 24.3 Å². The first-order chi connectivity index (χ1) is 12.5. The number of hydrogen-bond acceptors (Lipinski definition) is 3. The number of urea groups is 1. The van der Waals surface area contributed by atoms with Crippen molar-refractivity contribution in [2.24, 2.45) is 5.92 Å². The molecule has 2 fully saturated rings. The third kappa shape index (κ3) is 4.26. The summed E-state index contributed by atoms with van der Waals surface area (Å²) < 4.78 is 0. The quantitative estimate of drug-likeness (QED) is 0.769. The van der Waals surface area contributed by atoms with Gasteiger partial charge in [-0.25, -0.2) is 4.79 Å². The van der Waals surface area contributed by atoms with Crippen molar-refractivity contribution >= 4 is 29.3 Å². The van der Waals surface area contributed by atoms with Crippen LogP contribution in [0.25, 0.3) is 0 Å². The summed E-state index contributed by atoms with van der Waals surface area (Å²) in [5.74, 6) is -0.0132. The second-order valence-electron chi connectivity index (χ2n) is 7.41. The minimum absolute atomic E-state index is 0.119. The van der Waals surface area contributed by atoms with Gasteiger partial charge >= 0.3 is 6.03 Å². The molecule has 2 aliphatic rings. The molecule has 140 valence electrons. The van der Waals surface area contributed by atoms with Gasteiger partial charge in [0, 0.05) is 11.4 Å². The number of rotatable bonds is 6. The molecule has 5 nitrogen and oxygen atoms in total. The Bertz CT molecular complexity index is 683. The summed E-state index contributed by atoms with van der Waals surface area (Å²) >= 11 is 5.89. The van der Waals surface area contributed by atoms with Crippen molar-refractivity contribution in [3.8, 4) is 0 Å². The molecule has 0 aromatic heterocycles. The molecule has 1 aliphatic carbocycles. The number of imide groups is 1. The summed E-state index contributed by atoms with van der Waals surface area (Å²) in [6.45, 7) is 1.47. The van der Waals surface area contributed by atoms with Crippen LogP contribution in [-0.4, -0.2) is 34.7 Å². The number of nitrogens with one attached hydrogen (secondary N) is 1. The fraction of sp³-hybridized carbons (Fsp3) is 0.550. The zero-order valence-corrected chi connectivity index (χ0v) is 15.8. The lowest BCUT2D eigenvalue weighted by atomic mass is 9.83. The largest absolute Gasteiger partial charge is 0.325 e. The van der Waals surface area contributed by atoms with E-state index in [-0.39, 0.29) is 11.7 Å². The van der Waals surface area contributed by atoms with E-state index in [0.29, 0.717) is 23.8 Å². The van der Waals surface area contributed by atoms with E-state index < -0.39 is 18.1 Å². The highest BCUT2D eigenvalue weighted by Crippen LogP contribution is 2.30. The second-order valence-corrected chi connectivity index (χ2v) is 7.84. The Morgan fingerprint density at radius 3 is 2.46 bits per heavy atom. The average Bonchev–Trinajstić information content (AvgIpc) is 2.89. The molecule has 3 rings (SSSR count). The van der Waals surface area contributed by atoms with Gasteiger partial charge in [0.2, 0.25) is 0 Å². The molecular weight excluding hydrogens is 352 g/mol. The molecule has 1 aromatic carbocycles. The smallest absolute Gasteiger partial charge is 0.325 e. The van der Waals surface area contributed by atoms with Crippen LogP contribution in [0.3, 0.4) is 0 Å². The molecule has 1 aromatic rings. The van der Waals surface area contributed by atoms with Crippen LogP contribution < -0.4 is 5.32 Å². The molecule has 2 atom stereocenters. The van der Waals surface area contributed by atoms with E-state index in [1.165, 1.54) is 13.3 Å². The van der Waals surface area contributed by atoms with Gasteiger partial charge in [-0.3, -0.25) is 14.5 Å². The Labute approximate surface area is 159 Å². The lowest BCUT2D eigenvalue weighted by molar-refractivity contribution is -0.134. The monoisotopic (exact) mass is 376 g/mol. The van der Waals surface area contributed by atoms with Gasteiger partial charge in [-0.05, 0) is 37.0 Å². The first-order valence-electron chi connectivity index (χ1n) is 9.34. The number of amides is 3. The molecule has 0 spiro atoms. The minimum atomic E-state index is -0.652. The molecule has 1 saturated carbocycles. The van der Waals surface area contributed by atoms with E-state index in [1.54, 1.807) is 12.1 Å². The number of hydrogen-bond donors (Lipinski definition) is 1. The molecule has 1 N–H and O–H groups in total. The van der Waals surface area contributed by atoms with Crippen molar-refractivity contribution in [1.29, 1.82) is 0 Å². The van der Waals surface area contributed by atoms with Crippen molar-refractivity contribution in [2.75, 3.05) is 0 Å². The highest BCUT2D eigenvalue weighted by Gasteiger charge is 2.44. The van der Waals surface area contributed by atoms with E-state index >= 15 is 0 Å². The summed E-state index contributed by atoms with van der Waals surface area (Å²) in [4.78, 5) is 38.7. The van der Waals surface area contributed by atoms with Crippen LogP contribution in [0.5, 0.6) is 0 Å². The number of benzene rings is 1. The van der Waals surface area contributed by atoms with Gasteiger partial charge < -0.3 is 5.32 Å². The molecule has 26 heavy (non-hydrogen) atoms. The molecule has 0 unspecified atom stereocenters. The maximum atomic E-state index is 12.8. The number of carbonyl (C=O) groups is 3.